The molecule has 0 bridgehead atoms. The summed E-state index contributed by atoms with van der Waals surface area (Å²) in [7, 11) is 1.73. The van der Waals surface area contributed by atoms with Crippen molar-refractivity contribution >= 4 is 11.6 Å². The van der Waals surface area contributed by atoms with Crippen molar-refractivity contribution < 1.29 is 4.74 Å². The van der Waals surface area contributed by atoms with Gasteiger partial charge in [0.1, 0.15) is 0 Å². The summed E-state index contributed by atoms with van der Waals surface area (Å²) in [5.74, 6) is 0.587. The van der Waals surface area contributed by atoms with Crippen LogP contribution in [-0.2, 0) is 4.74 Å². The predicted molar refractivity (Wildman–Crippen MR) is 50.2 cm³/mol. The van der Waals surface area contributed by atoms with Crippen LogP contribution < -0.4 is 0 Å². The largest absolute Gasteiger partial charge is 0.380 e. The topological polar surface area (TPSA) is 9.23 Å². The van der Waals surface area contributed by atoms with E-state index in [1.807, 2.05) is 0 Å². The summed E-state index contributed by atoms with van der Waals surface area (Å²) >= 11 is 5.76. The van der Waals surface area contributed by atoms with E-state index in [0.29, 0.717) is 5.88 Å². The predicted octanol–water partition coefficient (Wildman–Crippen LogP) is 3.07. The van der Waals surface area contributed by atoms with Crippen LogP contribution in [0.4, 0.5) is 0 Å². The minimum Gasteiger partial charge on any atom is -0.380 e. The van der Waals surface area contributed by atoms with Gasteiger partial charge in [0.25, 0.3) is 0 Å². The molecule has 0 saturated carbocycles. The molecule has 1 nitrogen and oxygen atoms in total. The molecule has 0 saturated heterocycles. The fourth-order valence-corrected chi connectivity index (χ4v) is 1.94. The summed E-state index contributed by atoms with van der Waals surface area (Å²) in [4.78, 5) is 0. The molecule has 0 spiro atoms. The molecule has 0 aliphatic carbocycles. The SMILES string of the molecule is CCCC(C)(C)C(CCl)OC. The summed E-state index contributed by atoms with van der Waals surface area (Å²) < 4.78 is 5.28. The van der Waals surface area contributed by atoms with Gasteiger partial charge in [0.05, 0.1) is 6.10 Å². The normalized spacial score (nSPS) is 15.0. The minimum atomic E-state index is 0.184. The molecule has 0 N–H and O–H groups in total. The van der Waals surface area contributed by atoms with Crippen molar-refractivity contribution in [2.45, 2.75) is 39.7 Å². The van der Waals surface area contributed by atoms with Gasteiger partial charge in [-0.15, -0.1) is 11.6 Å². The van der Waals surface area contributed by atoms with Gasteiger partial charge in [-0.1, -0.05) is 27.2 Å². The van der Waals surface area contributed by atoms with E-state index >= 15 is 0 Å². The van der Waals surface area contributed by atoms with Gasteiger partial charge in [-0.25, -0.2) is 0 Å². The molecule has 1 unspecified atom stereocenters. The number of ether oxygens (including phenoxy) is 1. The van der Waals surface area contributed by atoms with E-state index in [-0.39, 0.29) is 11.5 Å². The van der Waals surface area contributed by atoms with Crippen molar-refractivity contribution in [3.63, 3.8) is 0 Å². The fraction of sp³-hybridized carbons (Fsp3) is 1.00. The molecule has 0 aliphatic heterocycles. The highest BCUT2D eigenvalue weighted by atomic mass is 35.5. The summed E-state index contributed by atoms with van der Waals surface area (Å²) in [6.45, 7) is 6.59. The van der Waals surface area contributed by atoms with E-state index in [2.05, 4.69) is 20.8 Å². The van der Waals surface area contributed by atoms with E-state index in [1.54, 1.807) is 7.11 Å². The van der Waals surface area contributed by atoms with Crippen LogP contribution in [0.15, 0.2) is 0 Å². The first-order chi connectivity index (χ1) is 5.08. The average Bonchev–Trinajstić information content (AvgIpc) is 1.89. The van der Waals surface area contributed by atoms with E-state index in [9.17, 15) is 0 Å². The standard InChI is InChI=1S/C9H19ClO/c1-5-6-9(2,3)8(7-10)11-4/h8H,5-7H2,1-4H3. The first kappa shape index (κ1) is 11.2. The molecule has 1 atom stereocenters. The summed E-state index contributed by atoms with van der Waals surface area (Å²) in [5, 5.41) is 0. The molecule has 0 aliphatic rings. The molecule has 0 aromatic carbocycles. The van der Waals surface area contributed by atoms with Crippen molar-refractivity contribution in [2.75, 3.05) is 13.0 Å². The molecule has 2 heteroatoms. The van der Waals surface area contributed by atoms with Gasteiger partial charge in [-0.2, -0.15) is 0 Å². The van der Waals surface area contributed by atoms with Crippen LogP contribution in [0.25, 0.3) is 0 Å². The number of methoxy groups -OCH3 is 1. The molecule has 0 fully saturated rings. The van der Waals surface area contributed by atoms with E-state index in [1.165, 1.54) is 6.42 Å². The number of alkyl halides is 1. The lowest BCUT2D eigenvalue weighted by Gasteiger charge is -2.31. The maximum absolute atomic E-state index is 5.76. The zero-order valence-corrected chi connectivity index (χ0v) is 8.74. The molecule has 0 aromatic heterocycles. The lowest BCUT2D eigenvalue weighted by molar-refractivity contribution is 0.0184. The van der Waals surface area contributed by atoms with Gasteiger partial charge < -0.3 is 4.74 Å². The van der Waals surface area contributed by atoms with Crippen LogP contribution >= 0.6 is 11.6 Å². The van der Waals surface area contributed by atoms with Crippen LogP contribution in [0.1, 0.15) is 33.6 Å². The fourth-order valence-electron chi connectivity index (χ4n) is 1.40. The summed E-state index contributed by atoms with van der Waals surface area (Å²) in [6, 6.07) is 0. The first-order valence-corrected chi connectivity index (χ1v) is 4.70. The number of hydrogen-bond acceptors (Lipinski definition) is 1. The van der Waals surface area contributed by atoms with Crippen molar-refractivity contribution in [3.05, 3.63) is 0 Å². The van der Waals surface area contributed by atoms with Gasteiger partial charge >= 0.3 is 0 Å². The Labute approximate surface area is 75.1 Å². The van der Waals surface area contributed by atoms with Crippen molar-refractivity contribution in [1.82, 2.24) is 0 Å². The highest BCUT2D eigenvalue weighted by Gasteiger charge is 2.27. The van der Waals surface area contributed by atoms with Crippen molar-refractivity contribution in [1.29, 1.82) is 0 Å². The third kappa shape index (κ3) is 3.44. The molecule has 0 radical (unpaired) electrons. The molecule has 11 heavy (non-hydrogen) atoms. The number of halogens is 1. The van der Waals surface area contributed by atoms with Crippen molar-refractivity contribution in [3.8, 4) is 0 Å². The van der Waals surface area contributed by atoms with Gasteiger partial charge in [-0.05, 0) is 11.8 Å². The first-order valence-electron chi connectivity index (χ1n) is 4.17. The molecule has 0 heterocycles. The summed E-state index contributed by atoms with van der Waals surface area (Å²) in [5.41, 5.74) is 0.214. The van der Waals surface area contributed by atoms with Crippen LogP contribution in [0.3, 0.4) is 0 Å². The molecular formula is C9H19ClO. The van der Waals surface area contributed by atoms with Crippen molar-refractivity contribution in [2.24, 2.45) is 5.41 Å². The van der Waals surface area contributed by atoms with E-state index in [0.717, 1.165) is 6.42 Å². The Balaban J connectivity index is 4.00. The highest BCUT2D eigenvalue weighted by molar-refractivity contribution is 6.18. The van der Waals surface area contributed by atoms with Gasteiger partial charge in [0.15, 0.2) is 0 Å². The van der Waals surface area contributed by atoms with E-state index < -0.39 is 0 Å². The van der Waals surface area contributed by atoms with Gasteiger partial charge in [0, 0.05) is 13.0 Å². The maximum Gasteiger partial charge on any atom is 0.0757 e. The van der Waals surface area contributed by atoms with Crippen LogP contribution in [-0.4, -0.2) is 19.1 Å². The molecule has 0 amide bonds. The number of rotatable bonds is 5. The third-order valence-electron chi connectivity index (χ3n) is 2.19. The monoisotopic (exact) mass is 178 g/mol. The molecule has 68 valence electrons. The highest BCUT2D eigenvalue weighted by Crippen LogP contribution is 2.29. The second-order valence-corrected chi connectivity index (χ2v) is 3.93. The lowest BCUT2D eigenvalue weighted by Crippen LogP contribution is -2.32. The third-order valence-corrected chi connectivity index (χ3v) is 2.47. The Kier molecular flexibility index (Phi) is 5.11. The zero-order chi connectivity index (χ0) is 8.91. The Hall–Kier alpha value is 0.250. The van der Waals surface area contributed by atoms with Crippen LogP contribution in [0.2, 0.25) is 0 Å². The van der Waals surface area contributed by atoms with Gasteiger partial charge in [-0.3, -0.25) is 0 Å². The molecular weight excluding hydrogens is 160 g/mol. The molecule has 0 rings (SSSR count). The Morgan fingerprint density at radius 3 is 2.27 bits per heavy atom. The Morgan fingerprint density at radius 1 is 1.45 bits per heavy atom. The van der Waals surface area contributed by atoms with Gasteiger partial charge in [0.2, 0.25) is 0 Å². The average molecular weight is 179 g/mol. The lowest BCUT2D eigenvalue weighted by atomic mass is 9.83. The quantitative estimate of drug-likeness (QED) is 0.588. The second-order valence-electron chi connectivity index (χ2n) is 3.62. The zero-order valence-electron chi connectivity index (χ0n) is 7.98. The second kappa shape index (κ2) is 5.00. The summed E-state index contributed by atoms with van der Waals surface area (Å²) in [6.07, 6.45) is 2.53. The smallest absolute Gasteiger partial charge is 0.0757 e. The maximum atomic E-state index is 5.76. The van der Waals surface area contributed by atoms with Crippen LogP contribution in [0.5, 0.6) is 0 Å². The van der Waals surface area contributed by atoms with E-state index in [4.69, 9.17) is 16.3 Å². The Morgan fingerprint density at radius 2 is 2.00 bits per heavy atom. The molecule has 0 aromatic rings. The van der Waals surface area contributed by atoms with Crippen LogP contribution in [0, 0.1) is 5.41 Å². The minimum absolute atomic E-state index is 0.184. The number of hydrogen-bond donors (Lipinski definition) is 0. The Bertz CT molecular complexity index is 97.7.